The number of hydrogen-bond acceptors (Lipinski definition) is 9. The molecule has 14 heteroatoms. The molecule has 2 amide bonds. The van der Waals surface area contributed by atoms with Gasteiger partial charge in [0.1, 0.15) is 18.9 Å². The summed E-state index contributed by atoms with van der Waals surface area (Å²) in [6.45, 7) is 3.04. The highest BCUT2D eigenvalue weighted by Gasteiger charge is 2.33. The van der Waals surface area contributed by atoms with Crippen LogP contribution in [-0.2, 0) is 19.1 Å². The topological polar surface area (TPSA) is 120 Å². The number of halogens is 2. The first-order valence-corrected chi connectivity index (χ1v) is 13.5. The summed E-state index contributed by atoms with van der Waals surface area (Å²) in [5, 5.41) is 11.9. The van der Waals surface area contributed by atoms with Crippen LogP contribution < -0.4 is 15.5 Å². The number of thioether (sulfide) groups is 1. The third-order valence-corrected chi connectivity index (χ3v) is 7.25. The highest BCUT2D eigenvalue weighted by atomic mass is 32.2. The van der Waals surface area contributed by atoms with Crippen LogP contribution in [0.2, 0.25) is 0 Å². The molecular weight excluding hydrogens is 566 g/mol. The van der Waals surface area contributed by atoms with Crippen molar-refractivity contribution in [3.63, 3.8) is 0 Å². The number of aliphatic carboxylic acids is 1. The number of amides is 2. The summed E-state index contributed by atoms with van der Waals surface area (Å²) in [5.74, 6) is -3.81. The number of nitrogens with one attached hydrogen (secondary N) is 2. The number of benzene rings is 2. The van der Waals surface area contributed by atoms with E-state index in [1.54, 1.807) is 24.3 Å². The minimum atomic E-state index is -1.20. The molecule has 0 unspecified atom stereocenters. The first-order valence-electron chi connectivity index (χ1n) is 12.2. The number of nitrogens with zero attached hydrogens (tertiary/aromatic N) is 2. The van der Waals surface area contributed by atoms with Gasteiger partial charge in [-0.3, -0.25) is 19.3 Å². The molecule has 212 valence electrons. The zero-order valence-electron chi connectivity index (χ0n) is 21.2. The lowest BCUT2D eigenvalue weighted by Gasteiger charge is -2.26. The van der Waals surface area contributed by atoms with Gasteiger partial charge >= 0.3 is 5.97 Å². The minimum Gasteiger partial charge on any atom is -0.492 e. The molecule has 0 aromatic heterocycles. The fourth-order valence-electron chi connectivity index (χ4n) is 3.89. The standard InChI is InChI=1S/C26H26F2N4O6S2/c27-19-3-1-17(12-20(19)28)16-2-4-21(38-10-7-31-5-8-37-9-6-31)18(11-16)13-22-25(36)32(26(39)40-22)30-14-23(33)29-15-24(34)35/h1-4,11-13,30H,5-10,14-15H2,(H,29,33)(H,34,35). The Balaban J connectivity index is 1.54. The lowest BCUT2D eigenvalue weighted by atomic mass is 10.0. The number of hydrogen-bond donors (Lipinski definition) is 3. The Hall–Kier alpha value is -3.43. The van der Waals surface area contributed by atoms with E-state index in [2.05, 4.69) is 15.6 Å². The normalized spacial score (nSPS) is 16.9. The number of carboxylic acids is 1. The molecule has 2 aliphatic rings. The third kappa shape index (κ3) is 7.82. The molecule has 0 aliphatic carbocycles. The molecule has 2 heterocycles. The van der Waals surface area contributed by atoms with Gasteiger partial charge in [0.15, 0.2) is 16.0 Å². The summed E-state index contributed by atoms with van der Waals surface area (Å²) >= 11 is 6.29. The smallest absolute Gasteiger partial charge is 0.322 e. The Morgan fingerprint density at radius 2 is 1.82 bits per heavy atom. The summed E-state index contributed by atoms with van der Waals surface area (Å²) in [6, 6.07) is 8.71. The number of carboxylic acid groups (broad SMARTS) is 1. The number of hydrazine groups is 1. The van der Waals surface area contributed by atoms with Gasteiger partial charge in [0, 0.05) is 25.2 Å². The highest BCUT2D eigenvalue weighted by Crippen LogP contribution is 2.35. The van der Waals surface area contributed by atoms with Crippen LogP contribution in [-0.4, -0.2) is 89.7 Å². The van der Waals surface area contributed by atoms with Crippen molar-refractivity contribution >= 4 is 52.2 Å². The van der Waals surface area contributed by atoms with Gasteiger partial charge in [0.25, 0.3) is 5.91 Å². The summed E-state index contributed by atoms with van der Waals surface area (Å²) in [7, 11) is 0. The number of carbonyl (C=O) groups excluding carboxylic acids is 2. The zero-order chi connectivity index (χ0) is 28.6. The number of carbonyl (C=O) groups is 3. The predicted octanol–water partition coefficient (Wildman–Crippen LogP) is 2.25. The van der Waals surface area contributed by atoms with Crippen molar-refractivity contribution in [2.45, 2.75) is 0 Å². The molecule has 0 spiro atoms. The fraction of sp³-hybridized carbons (Fsp3) is 0.308. The molecule has 40 heavy (non-hydrogen) atoms. The number of ether oxygens (including phenoxy) is 2. The molecule has 2 saturated heterocycles. The molecule has 10 nitrogen and oxygen atoms in total. The van der Waals surface area contributed by atoms with Crippen molar-refractivity contribution < 1.29 is 37.7 Å². The van der Waals surface area contributed by atoms with E-state index in [1.807, 2.05) is 0 Å². The summed E-state index contributed by atoms with van der Waals surface area (Å²) in [6.07, 6.45) is 1.58. The zero-order valence-corrected chi connectivity index (χ0v) is 22.8. The van der Waals surface area contributed by atoms with Gasteiger partial charge in [0.2, 0.25) is 5.91 Å². The van der Waals surface area contributed by atoms with Crippen LogP contribution in [0, 0.1) is 11.6 Å². The second-order valence-corrected chi connectivity index (χ2v) is 10.4. The van der Waals surface area contributed by atoms with Crippen LogP contribution in [0.1, 0.15) is 5.56 Å². The van der Waals surface area contributed by atoms with Crippen LogP contribution in [0.5, 0.6) is 5.75 Å². The van der Waals surface area contributed by atoms with Gasteiger partial charge in [-0.2, -0.15) is 0 Å². The minimum absolute atomic E-state index is 0.147. The Labute approximate surface area is 238 Å². The van der Waals surface area contributed by atoms with Crippen molar-refractivity contribution in [2.75, 3.05) is 52.5 Å². The van der Waals surface area contributed by atoms with Crippen LogP contribution in [0.3, 0.4) is 0 Å². The van der Waals surface area contributed by atoms with Gasteiger partial charge in [-0.1, -0.05) is 36.1 Å². The molecule has 2 fully saturated rings. The second-order valence-electron chi connectivity index (χ2n) is 8.71. The maximum absolute atomic E-state index is 13.9. The quantitative estimate of drug-likeness (QED) is 0.265. The van der Waals surface area contributed by atoms with E-state index in [1.165, 1.54) is 6.07 Å². The van der Waals surface area contributed by atoms with E-state index in [0.29, 0.717) is 48.8 Å². The molecule has 0 radical (unpaired) electrons. The van der Waals surface area contributed by atoms with Crippen molar-refractivity contribution in [3.8, 4) is 16.9 Å². The molecule has 2 aliphatic heterocycles. The number of thiocarbonyl (C=S) groups is 1. The molecule has 0 bridgehead atoms. The largest absolute Gasteiger partial charge is 0.492 e. The van der Waals surface area contributed by atoms with Crippen molar-refractivity contribution in [2.24, 2.45) is 0 Å². The Morgan fingerprint density at radius 3 is 2.55 bits per heavy atom. The predicted molar refractivity (Wildman–Crippen MR) is 148 cm³/mol. The van der Waals surface area contributed by atoms with Crippen molar-refractivity contribution in [1.29, 1.82) is 0 Å². The summed E-state index contributed by atoms with van der Waals surface area (Å²) < 4.78 is 39.0. The Morgan fingerprint density at radius 1 is 1.10 bits per heavy atom. The molecule has 2 aromatic rings. The maximum atomic E-state index is 13.9. The average molecular weight is 593 g/mol. The van der Waals surface area contributed by atoms with Gasteiger partial charge in [-0.15, -0.1) is 0 Å². The van der Waals surface area contributed by atoms with Crippen molar-refractivity contribution in [3.05, 3.63) is 58.5 Å². The van der Waals surface area contributed by atoms with Gasteiger partial charge in [-0.25, -0.2) is 19.2 Å². The summed E-state index contributed by atoms with van der Waals surface area (Å²) in [5.41, 5.74) is 4.14. The lowest BCUT2D eigenvalue weighted by molar-refractivity contribution is -0.138. The monoisotopic (exact) mass is 592 g/mol. The Bertz CT molecular complexity index is 1340. The van der Waals surface area contributed by atoms with Crippen LogP contribution in [0.15, 0.2) is 41.3 Å². The first kappa shape index (κ1) is 29.6. The van der Waals surface area contributed by atoms with E-state index in [0.717, 1.165) is 42.0 Å². The second kappa shape index (κ2) is 13.8. The Kier molecular flexibility index (Phi) is 10.2. The molecular formula is C26H26F2N4O6S2. The lowest BCUT2D eigenvalue weighted by Crippen LogP contribution is -2.47. The van der Waals surface area contributed by atoms with Gasteiger partial charge < -0.3 is 19.9 Å². The van der Waals surface area contributed by atoms with E-state index >= 15 is 0 Å². The van der Waals surface area contributed by atoms with E-state index < -0.39 is 36.0 Å². The first-order chi connectivity index (χ1) is 19.2. The molecule has 0 atom stereocenters. The van der Waals surface area contributed by atoms with Gasteiger partial charge in [0.05, 0.1) is 24.7 Å². The fourth-order valence-corrected chi connectivity index (χ4v) is 5.10. The van der Waals surface area contributed by atoms with Crippen LogP contribution in [0.25, 0.3) is 17.2 Å². The van der Waals surface area contributed by atoms with Crippen molar-refractivity contribution in [1.82, 2.24) is 20.7 Å². The SMILES string of the molecule is O=C(O)CNC(=O)CNN1C(=O)C(=Cc2cc(-c3ccc(F)c(F)c3)ccc2OCCN2CCOCC2)SC1=S. The van der Waals surface area contributed by atoms with E-state index in [4.69, 9.17) is 26.8 Å². The van der Waals surface area contributed by atoms with Crippen LogP contribution in [0.4, 0.5) is 8.78 Å². The molecule has 2 aromatic carbocycles. The average Bonchev–Trinajstić information content (AvgIpc) is 3.20. The molecule has 0 saturated carbocycles. The van der Waals surface area contributed by atoms with Gasteiger partial charge in [-0.05, 0) is 41.5 Å². The molecule has 4 rings (SSSR count). The summed E-state index contributed by atoms with van der Waals surface area (Å²) in [4.78, 5) is 38.0. The van der Waals surface area contributed by atoms with E-state index in [9.17, 15) is 23.2 Å². The maximum Gasteiger partial charge on any atom is 0.322 e. The molecule has 3 N–H and O–H groups in total. The van der Waals surface area contributed by atoms with Crippen LogP contribution >= 0.6 is 24.0 Å². The number of morpholine rings is 1. The number of rotatable bonds is 11. The highest BCUT2D eigenvalue weighted by molar-refractivity contribution is 8.26. The van der Waals surface area contributed by atoms with E-state index in [-0.39, 0.29) is 15.8 Å². The third-order valence-electron chi connectivity index (χ3n) is 5.95.